The fourth-order valence-electron chi connectivity index (χ4n) is 1.28. The second-order valence-electron chi connectivity index (χ2n) is 4.57. The molecule has 0 spiro atoms. The topological polar surface area (TPSA) is 30.5 Å². The van der Waals surface area contributed by atoms with Crippen molar-refractivity contribution in [3.63, 3.8) is 0 Å². The van der Waals surface area contributed by atoms with E-state index in [1.165, 1.54) is 0 Å². The van der Waals surface area contributed by atoms with Crippen molar-refractivity contribution in [2.24, 2.45) is 0 Å². The third-order valence-corrected chi connectivity index (χ3v) is 1.98. The van der Waals surface area contributed by atoms with E-state index in [0.29, 0.717) is 6.04 Å². The van der Waals surface area contributed by atoms with Gasteiger partial charge in [-0.25, -0.2) is 0 Å². The highest BCUT2D eigenvalue weighted by Crippen LogP contribution is 2.11. The van der Waals surface area contributed by atoms with Gasteiger partial charge in [0.15, 0.2) is 0 Å². The van der Waals surface area contributed by atoms with Crippen molar-refractivity contribution in [3.8, 4) is 0 Å². The summed E-state index contributed by atoms with van der Waals surface area (Å²) in [6.45, 7) is 7.90. The number of hydrogen-bond acceptors (Lipinski definition) is 3. The van der Waals surface area contributed by atoms with Crippen LogP contribution in [0.5, 0.6) is 0 Å². The van der Waals surface area contributed by atoms with Gasteiger partial charge in [-0.05, 0) is 40.0 Å². The Morgan fingerprint density at radius 2 is 2.00 bits per heavy atom. The molecule has 0 aliphatic carbocycles. The Bertz CT molecular complexity index is 134. The predicted octanol–water partition coefficient (Wildman–Crippen LogP) is 1.88. The van der Waals surface area contributed by atoms with Gasteiger partial charge in [0.05, 0.1) is 5.60 Å². The maximum Gasteiger partial charge on any atom is 0.0813 e. The number of hydroxylamine groups is 1. The molecule has 1 fully saturated rings. The van der Waals surface area contributed by atoms with Crippen LogP contribution < -0.4 is 5.48 Å². The molecule has 0 aromatic rings. The summed E-state index contributed by atoms with van der Waals surface area (Å²) < 4.78 is 5.36. The summed E-state index contributed by atoms with van der Waals surface area (Å²) in [7, 11) is 0. The normalized spacial score (nSPS) is 25.6. The molecule has 1 atom stereocenters. The van der Waals surface area contributed by atoms with E-state index in [0.717, 1.165) is 32.5 Å². The zero-order valence-corrected chi connectivity index (χ0v) is 8.93. The first kappa shape index (κ1) is 11.0. The Morgan fingerprint density at radius 3 is 2.69 bits per heavy atom. The molecule has 1 N–H and O–H groups in total. The summed E-state index contributed by atoms with van der Waals surface area (Å²) in [6.07, 6.45) is 3.33. The van der Waals surface area contributed by atoms with E-state index in [-0.39, 0.29) is 5.60 Å². The Morgan fingerprint density at radius 1 is 1.23 bits per heavy atom. The SMILES string of the molecule is CC(C)(C)ONC1CCCOCC1. The first-order valence-electron chi connectivity index (χ1n) is 5.09. The van der Waals surface area contributed by atoms with Crippen molar-refractivity contribution in [1.82, 2.24) is 5.48 Å². The lowest BCUT2D eigenvalue weighted by molar-refractivity contribution is -0.0903. The van der Waals surface area contributed by atoms with Gasteiger partial charge in [0.1, 0.15) is 0 Å². The van der Waals surface area contributed by atoms with Gasteiger partial charge in [-0.1, -0.05) is 0 Å². The number of rotatable bonds is 2. The maximum absolute atomic E-state index is 5.52. The lowest BCUT2D eigenvalue weighted by Crippen LogP contribution is -2.36. The second kappa shape index (κ2) is 4.94. The molecular formula is C10H21NO2. The van der Waals surface area contributed by atoms with Crippen LogP contribution in [0, 0.1) is 0 Å². The molecule has 0 aromatic heterocycles. The van der Waals surface area contributed by atoms with Crippen LogP contribution in [0.3, 0.4) is 0 Å². The summed E-state index contributed by atoms with van der Waals surface area (Å²) in [5.74, 6) is 0. The highest BCUT2D eigenvalue weighted by Gasteiger charge is 2.16. The van der Waals surface area contributed by atoms with E-state index >= 15 is 0 Å². The Kier molecular flexibility index (Phi) is 4.16. The highest BCUT2D eigenvalue weighted by atomic mass is 16.7. The Balaban J connectivity index is 2.19. The van der Waals surface area contributed by atoms with Gasteiger partial charge in [-0.3, -0.25) is 4.84 Å². The van der Waals surface area contributed by atoms with Crippen LogP contribution in [-0.4, -0.2) is 24.9 Å². The molecule has 0 saturated carbocycles. The molecule has 1 heterocycles. The molecule has 1 unspecified atom stereocenters. The fourth-order valence-corrected chi connectivity index (χ4v) is 1.28. The smallest absolute Gasteiger partial charge is 0.0813 e. The van der Waals surface area contributed by atoms with E-state index in [1.807, 2.05) is 20.8 Å². The van der Waals surface area contributed by atoms with Crippen LogP contribution in [0.1, 0.15) is 40.0 Å². The van der Waals surface area contributed by atoms with Gasteiger partial charge in [0.2, 0.25) is 0 Å². The van der Waals surface area contributed by atoms with Crippen molar-refractivity contribution in [2.75, 3.05) is 13.2 Å². The molecule has 0 bridgehead atoms. The molecular weight excluding hydrogens is 166 g/mol. The largest absolute Gasteiger partial charge is 0.381 e. The van der Waals surface area contributed by atoms with Gasteiger partial charge < -0.3 is 4.74 Å². The number of hydrogen-bond donors (Lipinski definition) is 1. The van der Waals surface area contributed by atoms with Crippen LogP contribution in [-0.2, 0) is 9.57 Å². The van der Waals surface area contributed by atoms with Gasteiger partial charge in [0, 0.05) is 19.3 Å². The highest BCUT2D eigenvalue weighted by molar-refractivity contribution is 4.66. The molecule has 1 saturated heterocycles. The summed E-state index contributed by atoms with van der Waals surface area (Å²) in [4.78, 5) is 5.52. The molecule has 1 aliphatic heterocycles. The van der Waals surface area contributed by atoms with Crippen molar-refractivity contribution in [1.29, 1.82) is 0 Å². The van der Waals surface area contributed by atoms with Crippen LogP contribution in [0.4, 0.5) is 0 Å². The van der Waals surface area contributed by atoms with E-state index in [9.17, 15) is 0 Å². The quantitative estimate of drug-likeness (QED) is 0.669. The van der Waals surface area contributed by atoms with Gasteiger partial charge in [-0.15, -0.1) is 0 Å². The van der Waals surface area contributed by atoms with Crippen LogP contribution >= 0.6 is 0 Å². The first-order chi connectivity index (χ1) is 6.08. The molecule has 0 aromatic carbocycles. The number of ether oxygens (including phenoxy) is 1. The van der Waals surface area contributed by atoms with Gasteiger partial charge in [-0.2, -0.15) is 5.48 Å². The minimum absolute atomic E-state index is 0.104. The van der Waals surface area contributed by atoms with E-state index in [4.69, 9.17) is 9.57 Å². The third-order valence-electron chi connectivity index (χ3n) is 1.98. The zero-order chi connectivity index (χ0) is 9.73. The molecule has 13 heavy (non-hydrogen) atoms. The molecule has 0 amide bonds. The molecule has 3 heteroatoms. The second-order valence-corrected chi connectivity index (χ2v) is 4.57. The molecule has 78 valence electrons. The van der Waals surface area contributed by atoms with Crippen LogP contribution in [0.2, 0.25) is 0 Å². The van der Waals surface area contributed by atoms with E-state index < -0.39 is 0 Å². The van der Waals surface area contributed by atoms with Crippen molar-refractivity contribution in [2.45, 2.75) is 51.7 Å². The fraction of sp³-hybridized carbons (Fsp3) is 1.00. The average Bonchev–Trinajstić information content (AvgIpc) is 2.26. The number of nitrogens with one attached hydrogen (secondary N) is 1. The summed E-state index contributed by atoms with van der Waals surface area (Å²) in [6, 6.07) is 0.460. The Hall–Kier alpha value is -0.120. The van der Waals surface area contributed by atoms with Crippen molar-refractivity contribution >= 4 is 0 Å². The zero-order valence-electron chi connectivity index (χ0n) is 8.93. The summed E-state index contributed by atoms with van der Waals surface area (Å²) >= 11 is 0. The maximum atomic E-state index is 5.52. The summed E-state index contributed by atoms with van der Waals surface area (Å²) in [5.41, 5.74) is 3.02. The van der Waals surface area contributed by atoms with Gasteiger partial charge in [0.25, 0.3) is 0 Å². The van der Waals surface area contributed by atoms with Crippen LogP contribution in [0.25, 0.3) is 0 Å². The van der Waals surface area contributed by atoms with E-state index in [1.54, 1.807) is 0 Å². The minimum Gasteiger partial charge on any atom is -0.381 e. The average molecular weight is 187 g/mol. The third kappa shape index (κ3) is 5.24. The lowest BCUT2D eigenvalue weighted by Gasteiger charge is -2.24. The summed E-state index contributed by atoms with van der Waals surface area (Å²) in [5, 5.41) is 0. The van der Waals surface area contributed by atoms with E-state index in [2.05, 4.69) is 5.48 Å². The van der Waals surface area contributed by atoms with Gasteiger partial charge >= 0.3 is 0 Å². The molecule has 0 radical (unpaired) electrons. The van der Waals surface area contributed by atoms with Crippen molar-refractivity contribution < 1.29 is 9.57 Å². The molecule has 1 rings (SSSR count). The monoisotopic (exact) mass is 187 g/mol. The van der Waals surface area contributed by atoms with Crippen LogP contribution in [0.15, 0.2) is 0 Å². The lowest BCUT2D eigenvalue weighted by atomic mass is 10.1. The Labute approximate surface area is 80.7 Å². The standard InChI is InChI=1S/C10H21NO2/c1-10(2,3)13-11-9-5-4-7-12-8-6-9/h9,11H,4-8H2,1-3H3. The predicted molar refractivity (Wildman–Crippen MR) is 52.4 cm³/mol. The minimum atomic E-state index is -0.104. The first-order valence-corrected chi connectivity index (χ1v) is 5.09. The molecule has 1 aliphatic rings. The van der Waals surface area contributed by atoms with Crippen molar-refractivity contribution in [3.05, 3.63) is 0 Å². The molecule has 3 nitrogen and oxygen atoms in total.